The molecule has 1 unspecified atom stereocenters. The first-order valence-electron chi connectivity index (χ1n) is 32.4. The number of aromatic amines is 1. The highest BCUT2D eigenvalue weighted by atomic mass is 35.5. The van der Waals surface area contributed by atoms with Crippen molar-refractivity contribution in [2.75, 3.05) is 75.7 Å². The molecular weight excluding hydrogens is 1220 g/mol. The zero-order valence-electron chi connectivity index (χ0n) is 52.5. The maximum atomic E-state index is 14.2. The first kappa shape index (κ1) is 64.5. The Morgan fingerprint density at radius 3 is 2.43 bits per heavy atom. The van der Waals surface area contributed by atoms with E-state index < -0.39 is 43.4 Å². The number of sulfonamides is 1. The lowest BCUT2D eigenvalue weighted by atomic mass is 9.72. The number of likely N-dealkylation sites (tertiary alicyclic amines) is 2. The lowest BCUT2D eigenvalue weighted by molar-refractivity contribution is -0.384. The second kappa shape index (κ2) is 27.9. The number of fused-ring (bicyclic) bond motifs is 2. The maximum absolute atomic E-state index is 14.2. The van der Waals surface area contributed by atoms with Gasteiger partial charge in [0.2, 0.25) is 17.7 Å². The number of hydrogen-bond donors (Lipinski definition) is 4. The molecule has 0 radical (unpaired) electrons. The fourth-order valence-electron chi connectivity index (χ4n) is 14.0. The molecule has 6 aromatic rings. The van der Waals surface area contributed by atoms with Crippen LogP contribution in [-0.4, -0.2) is 150 Å². The molecule has 486 valence electrons. The Labute approximate surface area is 546 Å². The number of carbonyl (C=O) groups excluding carboxylic acids is 5. The van der Waals surface area contributed by atoms with Gasteiger partial charge >= 0.3 is 0 Å². The molecule has 4 fully saturated rings. The molecule has 0 spiro atoms. The summed E-state index contributed by atoms with van der Waals surface area (Å²) in [5, 5.41) is 19.6. The molecule has 6 aliphatic rings. The van der Waals surface area contributed by atoms with E-state index in [-0.39, 0.29) is 59.0 Å². The lowest BCUT2D eigenvalue weighted by Gasteiger charge is -2.42. The molecule has 4 aromatic carbocycles. The highest BCUT2D eigenvalue weighted by molar-refractivity contribution is 7.90. The van der Waals surface area contributed by atoms with E-state index in [9.17, 15) is 42.5 Å². The number of ether oxygens (including phenoxy) is 1. The number of carbonyl (C=O) groups is 5. The smallest absolute Gasteiger partial charge is 0.293 e. The number of imide groups is 1. The molecule has 7 heterocycles. The number of piperazine rings is 1. The SMILES string of the molecule is CC1(C)CCC(CN2CCN(c3ccc(C(=O)NS(=O)(=O)c4ccc(NCC5CCN(C6CCN(C(=O)CCCCC#Cc7cccc8c7CN(C7CCC(=O)NC7=O)C8=O)CC6)CC5)c([N+](=O)[O-])c4)c(Oc4cnc5[nH]ccc5c4)c3)CC2)=C(c2ccc(Cl)cc2)C1. The Hall–Kier alpha value is -8.62. The fourth-order valence-corrected chi connectivity index (χ4v) is 15.1. The minimum absolute atomic E-state index is 0.0573. The van der Waals surface area contributed by atoms with E-state index in [0.29, 0.717) is 81.4 Å². The number of amides is 5. The van der Waals surface area contributed by atoms with Gasteiger partial charge in [0.1, 0.15) is 28.9 Å². The van der Waals surface area contributed by atoms with E-state index in [4.69, 9.17) is 16.3 Å². The number of aromatic nitrogens is 2. The van der Waals surface area contributed by atoms with Crippen LogP contribution >= 0.6 is 11.6 Å². The van der Waals surface area contributed by atoms with E-state index >= 15 is 0 Å². The van der Waals surface area contributed by atoms with Crippen LogP contribution < -0.4 is 25.0 Å². The number of rotatable bonds is 19. The summed E-state index contributed by atoms with van der Waals surface area (Å²) in [6.45, 7) is 12.3. The molecule has 1 aliphatic carbocycles. The van der Waals surface area contributed by atoms with Crippen molar-refractivity contribution in [1.29, 1.82) is 0 Å². The van der Waals surface area contributed by atoms with Crippen LogP contribution in [-0.2, 0) is 31.0 Å². The lowest BCUT2D eigenvalue weighted by Crippen LogP contribution is -2.52. The van der Waals surface area contributed by atoms with Crippen LogP contribution in [0.2, 0.25) is 5.02 Å². The van der Waals surface area contributed by atoms with Gasteiger partial charge in [0.25, 0.3) is 27.5 Å². The zero-order chi connectivity index (χ0) is 65.0. The molecule has 21 nitrogen and oxygen atoms in total. The molecular formula is C70H78ClN11O10S. The van der Waals surface area contributed by atoms with Gasteiger partial charge < -0.3 is 34.6 Å². The predicted molar refractivity (Wildman–Crippen MR) is 355 cm³/mol. The number of benzene rings is 4. The van der Waals surface area contributed by atoms with Gasteiger partial charge in [-0.3, -0.25) is 44.3 Å². The van der Waals surface area contributed by atoms with E-state index in [1.807, 2.05) is 29.2 Å². The van der Waals surface area contributed by atoms with Crippen LogP contribution in [0.25, 0.3) is 16.6 Å². The molecule has 0 bridgehead atoms. The summed E-state index contributed by atoms with van der Waals surface area (Å²) in [5.41, 5.74) is 7.45. The van der Waals surface area contributed by atoms with Crippen molar-refractivity contribution in [3.05, 3.63) is 152 Å². The molecule has 0 saturated carbocycles. The van der Waals surface area contributed by atoms with Crippen molar-refractivity contribution >= 4 is 84.8 Å². The third kappa shape index (κ3) is 15.1. The molecule has 5 amide bonds. The Morgan fingerprint density at radius 1 is 0.882 bits per heavy atom. The number of halogens is 1. The third-order valence-electron chi connectivity index (χ3n) is 19.4. The second-order valence-corrected chi connectivity index (χ2v) is 28.3. The Balaban J connectivity index is 0.607. The number of hydrogen-bond acceptors (Lipinski definition) is 15. The van der Waals surface area contributed by atoms with E-state index in [2.05, 4.69) is 77.8 Å². The van der Waals surface area contributed by atoms with Crippen LogP contribution in [0.3, 0.4) is 0 Å². The summed E-state index contributed by atoms with van der Waals surface area (Å²) in [7, 11) is -4.64. The summed E-state index contributed by atoms with van der Waals surface area (Å²) in [5.74, 6) is 5.24. The molecule has 93 heavy (non-hydrogen) atoms. The van der Waals surface area contributed by atoms with Crippen molar-refractivity contribution in [3.8, 4) is 23.3 Å². The van der Waals surface area contributed by atoms with Crippen molar-refractivity contribution in [3.63, 3.8) is 0 Å². The first-order valence-corrected chi connectivity index (χ1v) is 34.2. The Morgan fingerprint density at radius 2 is 1.67 bits per heavy atom. The van der Waals surface area contributed by atoms with Crippen LogP contribution in [0.5, 0.6) is 11.5 Å². The van der Waals surface area contributed by atoms with Crippen molar-refractivity contribution in [2.24, 2.45) is 11.3 Å². The predicted octanol–water partition coefficient (Wildman–Crippen LogP) is 10.3. The molecule has 1 atom stereocenters. The number of piperidine rings is 3. The summed E-state index contributed by atoms with van der Waals surface area (Å²) < 4.78 is 36.6. The van der Waals surface area contributed by atoms with Gasteiger partial charge in [-0.25, -0.2) is 18.1 Å². The van der Waals surface area contributed by atoms with Gasteiger partial charge in [0.05, 0.1) is 21.6 Å². The summed E-state index contributed by atoms with van der Waals surface area (Å²) in [6.07, 6.45) is 12.9. The summed E-state index contributed by atoms with van der Waals surface area (Å²) in [6, 6.07) is 25.5. The number of nitrogens with one attached hydrogen (secondary N) is 4. The number of pyridine rings is 1. The monoisotopic (exact) mass is 1300 g/mol. The largest absolute Gasteiger partial charge is 0.455 e. The highest BCUT2D eigenvalue weighted by Crippen LogP contribution is 2.44. The number of allylic oxidation sites excluding steroid dienone is 1. The number of nitro benzene ring substituents is 1. The molecule has 4 saturated heterocycles. The van der Waals surface area contributed by atoms with E-state index in [1.165, 1.54) is 39.9 Å². The van der Waals surface area contributed by atoms with Crippen LogP contribution in [0.1, 0.15) is 135 Å². The number of nitrogens with zero attached hydrogens (tertiary/aromatic N) is 7. The first-order chi connectivity index (χ1) is 44.8. The highest BCUT2D eigenvalue weighted by Gasteiger charge is 2.40. The Kier molecular flexibility index (Phi) is 19.4. The van der Waals surface area contributed by atoms with Gasteiger partial charge in [-0.1, -0.05) is 61.1 Å². The van der Waals surface area contributed by atoms with Gasteiger partial charge in [-0.15, -0.1) is 0 Å². The van der Waals surface area contributed by atoms with Crippen molar-refractivity contribution < 1.29 is 42.1 Å². The average Bonchev–Trinajstić information content (AvgIpc) is 1.75. The normalized spacial score (nSPS) is 19.3. The zero-order valence-corrected chi connectivity index (χ0v) is 54.1. The number of anilines is 2. The Bertz CT molecular complexity index is 4080. The summed E-state index contributed by atoms with van der Waals surface area (Å²) in [4.78, 5) is 94.5. The van der Waals surface area contributed by atoms with Gasteiger partial charge in [-0.2, -0.15) is 0 Å². The fraction of sp³-hybridized carbons (Fsp3) is 0.429. The van der Waals surface area contributed by atoms with Gasteiger partial charge in [0.15, 0.2) is 0 Å². The van der Waals surface area contributed by atoms with Crippen LogP contribution in [0, 0.1) is 33.3 Å². The van der Waals surface area contributed by atoms with Gasteiger partial charge in [0, 0.05) is 130 Å². The topological polar surface area (TPSA) is 253 Å². The van der Waals surface area contributed by atoms with Crippen LogP contribution in [0.15, 0.2) is 114 Å². The molecule has 2 aromatic heterocycles. The molecule has 5 aliphatic heterocycles. The van der Waals surface area contributed by atoms with Gasteiger partial charge in [-0.05, 0) is 166 Å². The molecule has 23 heteroatoms. The van der Waals surface area contributed by atoms with Crippen molar-refractivity contribution in [2.45, 2.75) is 121 Å². The quantitative estimate of drug-likeness (QED) is 0.0193. The molecule has 12 rings (SSSR count). The van der Waals surface area contributed by atoms with Crippen molar-refractivity contribution in [1.82, 2.24) is 39.6 Å². The molecule has 4 N–H and O–H groups in total. The standard InChI is InChI=1S/C70H78ClN11O10S/c1-70(2)28-22-50(58(41-70)48-12-14-51(71)15-13-48)44-77-34-36-79(37-35-77)53-16-18-57(63(39-53)92-54-38-49-23-29-72-66(49)74-43-54)67(85)76-93(90,91)55-17-19-60(62(40-55)82(88)89)73-42-46-24-30-78(31-25-46)52-26-32-80(33-27-52)65(84)11-6-4-3-5-8-47-9-7-10-56-59(47)45-81(69(56)87)61-20-21-64(83)75-68(61)86/h7,9-10,12-19,23,29,38-40,43,46,52,61,73H,3-4,6,11,20-22,24-28,30-37,41-42,44-45H2,1-2H3,(H,72,74)(H,76,85)(H,75,83,86). The third-order valence-corrected chi connectivity index (χ3v) is 20.9. The number of nitro groups is 1. The number of H-pyrrole nitrogens is 1. The second-order valence-electron chi connectivity index (χ2n) is 26.1. The van der Waals surface area contributed by atoms with Crippen LogP contribution in [0.4, 0.5) is 17.1 Å². The minimum atomic E-state index is -4.64. The average molecular weight is 1300 g/mol. The van der Waals surface area contributed by atoms with E-state index in [0.717, 1.165) is 117 Å². The number of unbranched alkanes of at least 4 members (excludes halogenated alkanes) is 2. The summed E-state index contributed by atoms with van der Waals surface area (Å²) >= 11 is 6.28. The maximum Gasteiger partial charge on any atom is 0.293 e. The minimum Gasteiger partial charge on any atom is -0.455 e. The van der Waals surface area contributed by atoms with E-state index in [1.54, 1.807) is 42.6 Å².